The van der Waals surface area contributed by atoms with Gasteiger partial charge in [-0.15, -0.1) is 0 Å². The SMILES string of the molecule is COc1ccc(C(C)(C)C(=O)Nc2cccc(C(=O)O)c2)cc1OC. The molecule has 2 aromatic rings. The fourth-order valence-electron chi connectivity index (χ4n) is 2.37. The number of carbonyl (C=O) groups excluding carboxylic acids is 1. The lowest BCUT2D eigenvalue weighted by Crippen LogP contribution is -2.34. The van der Waals surface area contributed by atoms with Crippen LogP contribution in [-0.4, -0.2) is 31.2 Å². The number of amides is 1. The Labute approximate surface area is 146 Å². The smallest absolute Gasteiger partial charge is 0.335 e. The highest BCUT2D eigenvalue weighted by Crippen LogP contribution is 2.33. The van der Waals surface area contributed by atoms with Crippen LogP contribution in [0.25, 0.3) is 0 Å². The lowest BCUT2D eigenvalue weighted by Gasteiger charge is -2.25. The van der Waals surface area contributed by atoms with Crippen molar-refractivity contribution in [3.8, 4) is 11.5 Å². The van der Waals surface area contributed by atoms with Crippen LogP contribution in [0, 0.1) is 0 Å². The molecule has 132 valence electrons. The van der Waals surface area contributed by atoms with Gasteiger partial charge in [-0.05, 0) is 49.7 Å². The summed E-state index contributed by atoms with van der Waals surface area (Å²) in [7, 11) is 3.08. The maximum absolute atomic E-state index is 12.7. The van der Waals surface area contributed by atoms with Crippen LogP contribution < -0.4 is 14.8 Å². The molecule has 0 aliphatic heterocycles. The van der Waals surface area contributed by atoms with E-state index >= 15 is 0 Å². The molecule has 6 nitrogen and oxygen atoms in total. The molecule has 0 saturated heterocycles. The van der Waals surface area contributed by atoms with E-state index in [4.69, 9.17) is 14.6 Å². The van der Waals surface area contributed by atoms with E-state index in [1.165, 1.54) is 19.2 Å². The molecule has 0 spiro atoms. The summed E-state index contributed by atoms with van der Waals surface area (Å²) < 4.78 is 10.5. The number of methoxy groups -OCH3 is 2. The van der Waals surface area contributed by atoms with Crippen LogP contribution in [0.5, 0.6) is 11.5 Å². The molecule has 0 fully saturated rings. The van der Waals surface area contributed by atoms with E-state index in [-0.39, 0.29) is 11.5 Å². The van der Waals surface area contributed by atoms with Crippen molar-refractivity contribution in [2.45, 2.75) is 19.3 Å². The number of anilines is 1. The van der Waals surface area contributed by atoms with Gasteiger partial charge in [0.2, 0.25) is 5.91 Å². The number of ether oxygens (including phenoxy) is 2. The Balaban J connectivity index is 2.28. The van der Waals surface area contributed by atoms with Crippen molar-refractivity contribution in [3.05, 3.63) is 53.6 Å². The van der Waals surface area contributed by atoms with Gasteiger partial charge in [-0.3, -0.25) is 4.79 Å². The van der Waals surface area contributed by atoms with E-state index < -0.39 is 11.4 Å². The summed E-state index contributed by atoms with van der Waals surface area (Å²) in [4.78, 5) is 23.8. The van der Waals surface area contributed by atoms with Crippen LogP contribution in [-0.2, 0) is 10.2 Å². The zero-order valence-electron chi connectivity index (χ0n) is 14.6. The number of nitrogens with one attached hydrogen (secondary N) is 1. The quantitative estimate of drug-likeness (QED) is 0.840. The Kier molecular flexibility index (Phi) is 5.32. The Hall–Kier alpha value is -3.02. The predicted octanol–water partition coefficient (Wildman–Crippen LogP) is 3.32. The summed E-state index contributed by atoms with van der Waals surface area (Å²) in [5.41, 5.74) is 0.427. The van der Waals surface area contributed by atoms with Crippen molar-refractivity contribution < 1.29 is 24.2 Å². The van der Waals surface area contributed by atoms with Gasteiger partial charge in [-0.1, -0.05) is 12.1 Å². The van der Waals surface area contributed by atoms with E-state index in [9.17, 15) is 9.59 Å². The van der Waals surface area contributed by atoms with E-state index in [0.29, 0.717) is 17.2 Å². The number of hydrogen-bond acceptors (Lipinski definition) is 4. The second-order valence-electron chi connectivity index (χ2n) is 6.03. The minimum atomic E-state index is -1.05. The lowest BCUT2D eigenvalue weighted by molar-refractivity contribution is -0.120. The molecule has 0 aromatic heterocycles. The monoisotopic (exact) mass is 343 g/mol. The van der Waals surface area contributed by atoms with Crippen molar-refractivity contribution in [1.29, 1.82) is 0 Å². The normalized spacial score (nSPS) is 10.9. The molecule has 0 bridgehead atoms. The summed E-state index contributed by atoms with van der Waals surface area (Å²) in [5, 5.41) is 11.8. The van der Waals surface area contributed by atoms with Crippen molar-refractivity contribution in [2.75, 3.05) is 19.5 Å². The molecule has 6 heteroatoms. The van der Waals surface area contributed by atoms with Gasteiger partial charge >= 0.3 is 5.97 Å². The van der Waals surface area contributed by atoms with E-state index in [1.807, 2.05) is 0 Å². The summed E-state index contributed by atoms with van der Waals surface area (Å²) in [6.45, 7) is 3.56. The minimum Gasteiger partial charge on any atom is -0.493 e. The zero-order valence-corrected chi connectivity index (χ0v) is 14.6. The van der Waals surface area contributed by atoms with Crippen LogP contribution in [0.4, 0.5) is 5.69 Å². The summed E-state index contributed by atoms with van der Waals surface area (Å²) >= 11 is 0. The van der Waals surface area contributed by atoms with Crippen molar-refractivity contribution >= 4 is 17.6 Å². The van der Waals surface area contributed by atoms with Crippen molar-refractivity contribution in [3.63, 3.8) is 0 Å². The number of benzene rings is 2. The number of hydrogen-bond donors (Lipinski definition) is 2. The summed E-state index contributed by atoms with van der Waals surface area (Å²) in [6.07, 6.45) is 0. The fourth-order valence-corrected chi connectivity index (χ4v) is 2.37. The number of carbonyl (C=O) groups is 2. The first-order valence-electron chi connectivity index (χ1n) is 7.67. The molecule has 0 radical (unpaired) electrons. The molecule has 2 rings (SSSR count). The van der Waals surface area contributed by atoms with Crippen LogP contribution in [0.15, 0.2) is 42.5 Å². The average Bonchev–Trinajstić information content (AvgIpc) is 2.61. The third-order valence-corrected chi connectivity index (χ3v) is 4.04. The van der Waals surface area contributed by atoms with Crippen LogP contribution >= 0.6 is 0 Å². The maximum Gasteiger partial charge on any atom is 0.335 e. The van der Waals surface area contributed by atoms with Gasteiger partial charge in [0.1, 0.15) is 0 Å². The Morgan fingerprint density at radius 2 is 1.68 bits per heavy atom. The first kappa shape index (κ1) is 18.3. The van der Waals surface area contributed by atoms with Crippen molar-refractivity contribution in [2.24, 2.45) is 0 Å². The van der Waals surface area contributed by atoms with Gasteiger partial charge in [0, 0.05) is 5.69 Å². The Morgan fingerprint density at radius 1 is 1.00 bits per heavy atom. The van der Waals surface area contributed by atoms with Crippen LogP contribution in [0.3, 0.4) is 0 Å². The molecule has 0 aliphatic carbocycles. The van der Waals surface area contributed by atoms with E-state index in [1.54, 1.807) is 51.3 Å². The molecule has 2 aromatic carbocycles. The number of carboxylic acids is 1. The topological polar surface area (TPSA) is 84.9 Å². The minimum absolute atomic E-state index is 0.113. The van der Waals surface area contributed by atoms with Gasteiger partial charge in [0.05, 0.1) is 25.2 Å². The summed E-state index contributed by atoms with van der Waals surface area (Å²) in [6, 6.07) is 11.4. The molecule has 0 heterocycles. The highest BCUT2D eigenvalue weighted by Gasteiger charge is 2.31. The van der Waals surface area contributed by atoms with Gasteiger partial charge in [0.25, 0.3) is 0 Å². The molecule has 2 N–H and O–H groups in total. The third kappa shape index (κ3) is 3.91. The fraction of sp³-hybridized carbons (Fsp3) is 0.263. The van der Waals surface area contributed by atoms with Gasteiger partial charge in [0.15, 0.2) is 11.5 Å². The molecule has 1 amide bonds. The highest BCUT2D eigenvalue weighted by molar-refractivity contribution is 5.99. The number of aromatic carboxylic acids is 1. The molecule has 0 aliphatic rings. The first-order valence-corrected chi connectivity index (χ1v) is 7.67. The average molecular weight is 343 g/mol. The van der Waals surface area contributed by atoms with E-state index in [0.717, 1.165) is 5.56 Å². The number of rotatable bonds is 6. The number of carboxylic acid groups (broad SMARTS) is 1. The third-order valence-electron chi connectivity index (χ3n) is 4.04. The highest BCUT2D eigenvalue weighted by atomic mass is 16.5. The Bertz CT molecular complexity index is 798. The second-order valence-corrected chi connectivity index (χ2v) is 6.03. The molecular formula is C19H21NO5. The predicted molar refractivity (Wildman–Crippen MR) is 94.6 cm³/mol. The molecule has 0 saturated carbocycles. The van der Waals surface area contributed by atoms with E-state index in [2.05, 4.69) is 5.32 Å². The Morgan fingerprint density at radius 3 is 2.28 bits per heavy atom. The van der Waals surface area contributed by atoms with Gasteiger partial charge in [-0.25, -0.2) is 4.79 Å². The molecule has 25 heavy (non-hydrogen) atoms. The standard InChI is InChI=1S/C19H21NO5/c1-19(2,13-8-9-15(24-3)16(11-13)25-4)18(23)20-14-7-5-6-12(10-14)17(21)22/h5-11H,1-4H3,(H,20,23)(H,21,22). The molecule has 0 unspecified atom stereocenters. The zero-order chi connectivity index (χ0) is 18.6. The molecule has 0 atom stereocenters. The van der Waals surface area contributed by atoms with Gasteiger partial charge in [-0.2, -0.15) is 0 Å². The van der Waals surface area contributed by atoms with Crippen LogP contribution in [0.2, 0.25) is 0 Å². The second kappa shape index (κ2) is 7.25. The largest absolute Gasteiger partial charge is 0.493 e. The maximum atomic E-state index is 12.7. The van der Waals surface area contributed by atoms with Crippen LogP contribution in [0.1, 0.15) is 29.8 Å². The first-order chi connectivity index (χ1) is 11.8. The van der Waals surface area contributed by atoms with Crippen molar-refractivity contribution in [1.82, 2.24) is 0 Å². The van der Waals surface area contributed by atoms with Gasteiger partial charge < -0.3 is 19.9 Å². The summed E-state index contributed by atoms with van der Waals surface area (Å²) in [5.74, 6) is -0.192. The molecular weight excluding hydrogens is 322 g/mol. The lowest BCUT2D eigenvalue weighted by atomic mass is 9.83.